The van der Waals surface area contributed by atoms with Gasteiger partial charge in [-0.2, -0.15) is 0 Å². The highest BCUT2D eigenvalue weighted by Gasteiger charge is 2.35. The van der Waals surface area contributed by atoms with E-state index in [0.717, 1.165) is 0 Å². The normalized spacial score (nSPS) is 10.4. The molecule has 0 aromatic carbocycles. The zero-order chi connectivity index (χ0) is 14.4. The molecule has 0 aliphatic heterocycles. The number of hydrogen-bond acceptors (Lipinski definition) is 6. The second kappa shape index (κ2) is 7.25. The van der Waals surface area contributed by atoms with Gasteiger partial charge in [-0.1, -0.05) is 11.6 Å². The molecule has 0 unspecified atom stereocenters. The fourth-order valence-corrected chi connectivity index (χ4v) is 1.67. The number of ether oxygens (including phenoxy) is 2. The summed E-state index contributed by atoms with van der Waals surface area (Å²) in [5.41, 5.74) is -0.0291. The fourth-order valence-electron chi connectivity index (χ4n) is 1.33. The molecule has 0 N–H and O–H groups in total. The van der Waals surface area contributed by atoms with Crippen LogP contribution in [0.15, 0.2) is 6.20 Å². The summed E-state index contributed by atoms with van der Waals surface area (Å²) in [4.78, 5) is 31.1. The van der Waals surface area contributed by atoms with Crippen molar-refractivity contribution in [2.45, 2.75) is 19.8 Å². The van der Waals surface area contributed by atoms with E-state index >= 15 is 0 Å². The molecular formula is C11H12Cl2N2O4. The molecule has 0 radical (unpaired) electrons. The largest absolute Gasteiger partial charge is 0.465 e. The maximum absolute atomic E-state index is 11.8. The van der Waals surface area contributed by atoms with Gasteiger partial charge in [0.15, 0.2) is 5.92 Å². The topological polar surface area (TPSA) is 78.4 Å². The molecule has 0 fully saturated rings. The van der Waals surface area contributed by atoms with Crippen LogP contribution in [0.2, 0.25) is 10.3 Å². The fraction of sp³-hybridized carbons (Fsp3) is 0.455. The molecule has 0 saturated carbocycles. The average molecular weight is 307 g/mol. The van der Waals surface area contributed by atoms with Crippen molar-refractivity contribution < 1.29 is 19.1 Å². The molecule has 1 rings (SSSR count). The molecule has 8 heteroatoms. The van der Waals surface area contributed by atoms with E-state index in [1.165, 1.54) is 6.20 Å². The molecule has 1 aromatic rings. The minimum absolute atomic E-state index is 0.0291. The zero-order valence-corrected chi connectivity index (χ0v) is 11.9. The van der Waals surface area contributed by atoms with Gasteiger partial charge in [-0.3, -0.25) is 9.59 Å². The molecule has 0 aliphatic carbocycles. The third-order valence-corrected chi connectivity index (χ3v) is 2.53. The summed E-state index contributed by atoms with van der Waals surface area (Å²) in [6.45, 7) is 3.47. The Balaban J connectivity index is 3.18. The van der Waals surface area contributed by atoms with Crippen molar-refractivity contribution in [3.63, 3.8) is 0 Å². The molecule has 19 heavy (non-hydrogen) atoms. The molecule has 0 atom stereocenters. The summed E-state index contributed by atoms with van der Waals surface area (Å²) in [5, 5.41) is -0.0893. The number of carbonyl (C=O) groups is 2. The summed E-state index contributed by atoms with van der Waals surface area (Å²) in [5.74, 6) is -2.96. The van der Waals surface area contributed by atoms with Crippen LogP contribution in [0.25, 0.3) is 0 Å². The molecule has 0 spiro atoms. The average Bonchev–Trinajstić information content (AvgIpc) is 2.34. The third kappa shape index (κ3) is 4.04. The lowest BCUT2D eigenvalue weighted by atomic mass is 10.1. The summed E-state index contributed by atoms with van der Waals surface area (Å²) in [6.07, 6.45) is 1.21. The van der Waals surface area contributed by atoms with Gasteiger partial charge in [-0.15, -0.1) is 0 Å². The highest BCUT2D eigenvalue weighted by atomic mass is 35.5. The van der Waals surface area contributed by atoms with Crippen LogP contribution in [0.3, 0.4) is 0 Å². The molecule has 0 amide bonds. The van der Waals surface area contributed by atoms with E-state index in [9.17, 15) is 9.59 Å². The van der Waals surface area contributed by atoms with E-state index in [4.69, 9.17) is 32.7 Å². The maximum Gasteiger partial charge on any atom is 0.326 e. The first-order chi connectivity index (χ1) is 9.01. The van der Waals surface area contributed by atoms with Gasteiger partial charge in [0, 0.05) is 0 Å². The van der Waals surface area contributed by atoms with E-state index in [0.29, 0.717) is 0 Å². The second-order valence-corrected chi connectivity index (χ2v) is 4.05. The van der Waals surface area contributed by atoms with Gasteiger partial charge in [-0.25, -0.2) is 9.97 Å². The Bertz CT molecular complexity index is 464. The monoisotopic (exact) mass is 306 g/mol. The number of nitrogens with zero attached hydrogens (tertiary/aromatic N) is 2. The number of aromatic nitrogens is 2. The Kier molecular flexibility index (Phi) is 5.98. The highest BCUT2D eigenvalue weighted by Crippen LogP contribution is 2.25. The molecular weight excluding hydrogens is 295 g/mol. The van der Waals surface area contributed by atoms with Crippen LogP contribution in [0, 0.1) is 0 Å². The Hall–Kier alpha value is -1.40. The van der Waals surface area contributed by atoms with Crippen molar-refractivity contribution in [1.29, 1.82) is 0 Å². The summed E-state index contributed by atoms with van der Waals surface area (Å²) < 4.78 is 9.64. The minimum Gasteiger partial charge on any atom is -0.465 e. The van der Waals surface area contributed by atoms with Crippen molar-refractivity contribution in [3.05, 3.63) is 22.2 Å². The van der Waals surface area contributed by atoms with Crippen LogP contribution in [0.1, 0.15) is 25.5 Å². The number of carbonyl (C=O) groups excluding carboxylic acids is 2. The van der Waals surface area contributed by atoms with Gasteiger partial charge in [-0.05, 0) is 25.4 Å². The van der Waals surface area contributed by atoms with E-state index in [1.54, 1.807) is 13.8 Å². The SMILES string of the molecule is CCOC(=O)C(C(=O)OCC)c1nc(Cl)ncc1Cl. The number of rotatable bonds is 5. The van der Waals surface area contributed by atoms with E-state index in [-0.39, 0.29) is 29.2 Å². The molecule has 1 aromatic heterocycles. The zero-order valence-electron chi connectivity index (χ0n) is 10.4. The van der Waals surface area contributed by atoms with Crippen LogP contribution >= 0.6 is 23.2 Å². The molecule has 1 heterocycles. The van der Waals surface area contributed by atoms with E-state index in [2.05, 4.69) is 9.97 Å². The van der Waals surface area contributed by atoms with E-state index in [1.807, 2.05) is 0 Å². The lowest BCUT2D eigenvalue weighted by Gasteiger charge is -2.14. The standard InChI is InChI=1S/C11H12Cl2N2O4/c1-3-18-9(16)7(10(17)19-4-2)8-6(12)5-14-11(13)15-8/h5,7H,3-4H2,1-2H3. The first kappa shape index (κ1) is 15.7. The maximum atomic E-state index is 11.8. The molecule has 0 saturated heterocycles. The Morgan fingerprint density at radius 3 is 2.21 bits per heavy atom. The molecule has 0 bridgehead atoms. The second-order valence-electron chi connectivity index (χ2n) is 3.31. The lowest BCUT2D eigenvalue weighted by molar-refractivity contribution is -0.157. The van der Waals surface area contributed by atoms with Crippen molar-refractivity contribution in [2.24, 2.45) is 0 Å². The molecule has 0 aliphatic rings. The number of hydrogen-bond donors (Lipinski definition) is 0. The van der Waals surface area contributed by atoms with Crippen LogP contribution in [-0.2, 0) is 19.1 Å². The molecule has 104 valence electrons. The summed E-state index contributed by atoms with van der Waals surface area (Å²) in [6, 6.07) is 0. The van der Waals surface area contributed by atoms with Gasteiger partial charge < -0.3 is 9.47 Å². The Morgan fingerprint density at radius 2 is 1.74 bits per heavy atom. The van der Waals surface area contributed by atoms with Crippen molar-refractivity contribution in [1.82, 2.24) is 9.97 Å². The van der Waals surface area contributed by atoms with Crippen molar-refractivity contribution >= 4 is 35.1 Å². The quantitative estimate of drug-likeness (QED) is 0.470. The first-order valence-electron chi connectivity index (χ1n) is 5.52. The van der Waals surface area contributed by atoms with Gasteiger partial charge >= 0.3 is 11.9 Å². The predicted octanol–water partition coefficient (Wildman–Crippen LogP) is 1.99. The van der Waals surface area contributed by atoms with Crippen molar-refractivity contribution in [2.75, 3.05) is 13.2 Å². The van der Waals surface area contributed by atoms with Crippen molar-refractivity contribution in [3.8, 4) is 0 Å². The number of halogens is 2. The lowest BCUT2D eigenvalue weighted by Crippen LogP contribution is -2.27. The van der Waals surface area contributed by atoms with Crippen LogP contribution in [-0.4, -0.2) is 35.1 Å². The minimum atomic E-state index is -1.37. The van der Waals surface area contributed by atoms with Gasteiger partial charge in [0.05, 0.1) is 30.1 Å². The van der Waals surface area contributed by atoms with Gasteiger partial charge in [0.2, 0.25) is 5.28 Å². The highest BCUT2D eigenvalue weighted by molar-refractivity contribution is 6.32. The smallest absolute Gasteiger partial charge is 0.326 e. The van der Waals surface area contributed by atoms with E-state index < -0.39 is 17.9 Å². The van der Waals surface area contributed by atoms with Gasteiger partial charge in [0.25, 0.3) is 0 Å². The number of esters is 2. The summed E-state index contributed by atoms with van der Waals surface area (Å²) >= 11 is 11.5. The van der Waals surface area contributed by atoms with Crippen LogP contribution < -0.4 is 0 Å². The summed E-state index contributed by atoms with van der Waals surface area (Å²) in [7, 11) is 0. The Labute approximate surface area is 120 Å². The van der Waals surface area contributed by atoms with Crippen LogP contribution in [0.4, 0.5) is 0 Å². The van der Waals surface area contributed by atoms with Gasteiger partial charge in [0.1, 0.15) is 0 Å². The molecule has 6 nitrogen and oxygen atoms in total. The third-order valence-electron chi connectivity index (χ3n) is 2.06. The Morgan fingerprint density at radius 1 is 1.21 bits per heavy atom. The van der Waals surface area contributed by atoms with Crippen LogP contribution in [0.5, 0.6) is 0 Å². The predicted molar refractivity (Wildman–Crippen MR) is 68.1 cm³/mol. The first-order valence-corrected chi connectivity index (χ1v) is 6.28.